The van der Waals surface area contributed by atoms with E-state index in [2.05, 4.69) is 14.8 Å². The van der Waals surface area contributed by atoms with Gasteiger partial charge in [-0.15, -0.1) is 10.2 Å². The number of ketones is 1. The summed E-state index contributed by atoms with van der Waals surface area (Å²) in [5.41, 5.74) is 0.927. The van der Waals surface area contributed by atoms with Crippen molar-refractivity contribution >= 4 is 17.5 Å². The Labute approximate surface area is 208 Å². The van der Waals surface area contributed by atoms with Gasteiger partial charge >= 0.3 is 0 Å². The summed E-state index contributed by atoms with van der Waals surface area (Å²) < 4.78 is 18.6. The summed E-state index contributed by atoms with van der Waals surface area (Å²) >= 11 is 1.28. The molecule has 2 aromatic carbocycles. The smallest absolute Gasteiger partial charge is 0.203 e. The van der Waals surface area contributed by atoms with E-state index in [1.165, 1.54) is 30.3 Å². The Morgan fingerprint density at radius 2 is 1.69 bits per heavy atom. The zero-order valence-electron chi connectivity index (χ0n) is 20.0. The molecule has 0 amide bonds. The van der Waals surface area contributed by atoms with Crippen molar-refractivity contribution in [1.29, 1.82) is 0 Å². The maximum absolute atomic E-state index is 12.8. The van der Waals surface area contributed by atoms with Gasteiger partial charge < -0.3 is 24.4 Å². The molecule has 4 rings (SSSR count). The van der Waals surface area contributed by atoms with Crippen molar-refractivity contribution in [2.45, 2.75) is 43.3 Å². The molecule has 2 N–H and O–H groups in total. The molecule has 0 aliphatic heterocycles. The Bertz CT molecular complexity index is 1180. The summed E-state index contributed by atoms with van der Waals surface area (Å²) in [6, 6.07) is 7.85. The fourth-order valence-corrected chi connectivity index (χ4v) is 5.30. The van der Waals surface area contributed by atoms with Gasteiger partial charge in [-0.3, -0.25) is 9.36 Å². The molecule has 0 spiro atoms. The molecule has 3 aromatic rings. The summed E-state index contributed by atoms with van der Waals surface area (Å²) in [7, 11) is 4.69. The lowest BCUT2D eigenvalue weighted by Gasteiger charge is -2.26. The molecule has 9 nitrogen and oxygen atoms in total. The lowest BCUT2D eigenvalue weighted by Crippen LogP contribution is -2.16. The number of nitrogens with zero attached hydrogens (tertiary/aromatic N) is 3. The summed E-state index contributed by atoms with van der Waals surface area (Å²) in [5, 5.41) is 29.1. The van der Waals surface area contributed by atoms with Gasteiger partial charge in [-0.05, 0) is 37.1 Å². The number of carbonyl (C=O) groups is 1. The molecule has 1 aromatic heterocycles. The van der Waals surface area contributed by atoms with E-state index in [4.69, 9.17) is 14.2 Å². The number of aromatic hydroxyl groups is 2. The number of Topliss-reactive ketones (excluding diaryl/α,β-unsaturated/α-hetero) is 1. The third-order valence-corrected chi connectivity index (χ3v) is 7.08. The predicted molar refractivity (Wildman–Crippen MR) is 132 cm³/mol. The van der Waals surface area contributed by atoms with E-state index in [1.54, 1.807) is 21.3 Å². The van der Waals surface area contributed by atoms with Crippen LogP contribution < -0.4 is 14.2 Å². The van der Waals surface area contributed by atoms with Crippen LogP contribution in [0.3, 0.4) is 0 Å². The largest absolute Gasteiger partial charge is 0.508 e. The molecule has 1 heterocycles. The number of carbonyl (C=O) groups excluding carboxylic acids is 1. The van der Waals surface area contributed by atoms with Gasteiger partial charge in [0.15, 0.2) is 28.3 Å². The Kier molecular flexibility index (Phi) is 7.70. The summed E-state index contributed by atoms with van der Waals surface area (Å²) in [4.78, 5) is 12.8. The van der Waals surface area contributed by atoms with Gasteiger partial charge in [0.2, 0.25) is 5.75 Å². The van der Waals surface area contributed by atoms with Crippen molar-refractivity contribution in [3.05, 3.63) is 35.9 Å². The number of thioether (sulfide) groups is 1. The molecule has 35 heavy (non-hydrogen) atoms. The van der Waals surface area contributed by atoms with Gasteiger partial charge in [0.25, 0.3) is 0 Å². The van der Waals surface area contributed by atoms with Gasteiger partial charge in [0.1, 0.15) is 11.5 Å². The SMILES string of the molecule is COc1cc(-c2nnc(SCC(=O)c3ccc(O)cc3O)n2C2CCCCC2)cc(OC)c1OC. The molecule has 0 unspecified atom stereocenters. The van der Waals surface area contributed by atoms with E-state index < -0.39 is 0 Å². The maximum Gasteiger partial charge on any atom is 0.203 e. The number of hydrogen-bond acceptors (Lipinski definition) is 9. The fraction of sp³-hybridized carbons (Fsp3) is 0.400. The maximum atomic E-state index is 12.8. The Morgan fingerprint density at radius 3 is 2.29 bits per heavy atom. The Hall–Kier alpha value is -3.40. The second-order valence-corrected chi connectivity index (χ2v) is 9.24. The van der Waals surface area contributed by atoms with Crippen LogP contribution in [0.4, 0.5) is 0 Å². The van der Waals surface area contributed by atoms with Crippen molar-refractivity contribution in [2.24, 2.45) is 0 Å². The molecule has 1 aliphatic carbocycles. The highest BCUT2D eigenvalue weighted by Gasteiger charge is 2.26. The highest BCUT2D eigenvalue weighted by atomic mass is 32.2. The Balaban J connectivity index is 1.69. The minimum atomic E-state index is -0.264. The molecular weight excluding hydrogens is 470 g/mol. The monoisotopic (exact) mass is 499 g/mol. The first-order chi connectivity index (χ1) is 17.0. The van der Waals surface area contributed by atoms with Crippen molar-refractivity contribution in [3.63, 3.8) is 0 Å². The quantitative estimate of drug-likeness (QED) is 0.314. The average molecular weight is 500 g/mol. The van der Waals surface area contributed by atoms with Crippen LogP contribution in [0.25, 0.3) is 11.4 Å². The van der Waals surface area contributed by atoms with Crippen LogP contribution in [-0.2, 0) is 0 Å². The molecule has 186 valence electrons. The van der Waals surface area contributed by atoms with Crippen LogP contribution in [0, 0.1) is 0 Å². The van der Waals surface area contributed by atoms with Crippen molar-refractivity contribution in [1.82, 2.24) is 14.8 Å². The van der Waals surface area contributed by atoms with Crippen LogP contribution in [0.2, 0.25) is 0 Å². The van der Waals surface area contributed by atoms with Crippen LogP contribution in [0.5, 0.6) is 28.7 Å². The topological polar surface area (TPSA) is 116 Å². The number of methoxy groups -OCH3 is 3. The number of rotatable bonds is 9. The number of ether oxygens (including phenoxy) is 3. The first-order valence-corrected chi connectivity index (χ1v) is 12.4. The lowest BCUT2D eigenvalue weighted by molar-refractivity contribution is 0.102. The van der Waals surface area contributed by atoms with Gasteiger partial charge in [0, 0.05) is 17.7 Å². The van der Waals surface area contributed by atoms with Crippen molar-refractivity contribution in [2.75, 3.05) is 27.1 Å². The normalized spacial score (nSPS) is 14.0. The van der Waals surface area contributed by atoms with E-state index in [1.807, 2.05) is 12.1 Å². The van der Waals surface area contributed by atoms with Gasteiger partial charge in [-0.2, -0.15) is 0 Å². The van der Waals surface area contributed by atoms with E-state index >= 15 is 0 Å². The van der Waals surface area contributed by atoms with Crippen molar-refractivity contribution < 1.29 is 29.2 Å². The molecular formula is C25H29N3O6S. The van der Waals surface area contributed by atoms with E-state index in [9.17, 15) is 15.0 Å². The summed E-state index contributed by atoms with van der Waals surface area (Å²) in [6.45, 7) is 0. The Morgan fingerprint density at radius 1 is 1.00 bits per heavy atom. The number of benzene rings is 2. The molecule has 10 heteroatoms. The second-order valence-electron chi connectivity index (χ2n) is 8.30. The molecule has 1 saturated carbocycles. The zero-order chi connectivity index (χ0) is 24.9. The number of phenolic OH excluding ortho intramolecular Hbond substituents is 2. The minimum absolute atomic E-state index is 0.0679. The van der Waals surface area contributed by atoms with E-state index in [0.717, 1.165) is 37.3 Å². The van der Waals surface area contributed by atoms with Gasteiger partial charge in [-0.1, -0.05) is 31.0 Å². The third kappa shape index (κ3) is 5.17. The zero-order valence-corrected chi connectivity index (χ0v) is 20.8. The molecule has 0 bridgehead atoms. The molecule has 1 fully saturated rings. The van der Waals surface area contributed by atoms with Gasteiger partial charge in [0.05, 0.1) is 32.6 Å². The lowest BCUT2D eigenvalue weighted by atomic mass is 9.95. The summed E-state index contributed by atoms with van der Waals surface area (Å²) in [6.07, 6.45) is 5.41. The first kappa shape index (κ1) is 24.7. The van der Waals surface area contributed by atoms with Crippen LogP contribution in [0.1, 0.15) is 48.5 Å². The number of hydrogen-bond donors (Lipinski definition) is 2. The van der Waals surface area contributed by atoms with E-state index in [-0.39, 0.29) is 34.6 Å². The highest BCUT2D eigenvalue weighted by molar-refractivity contribution is 7.99. The molecule has 0 saturated heterocycles. The van der Waals surface area contributed by atoms with Crippen LogP contribution in [0.15, 0.2) is 35.5 Å². The highest BCUT2D eigenvalue weighted by Crippen LogP contribution is 2.43. The standard InChI is InChI=1S/C25H29N3O6S/c1-32-21-11-15(12-22(33-2)23(21)34-3)24-26-27-25(28(24)16-7-5-4-6-8-16)35-14-20(31)18-10-9-17(29)13-19(18)30/h9-13,16,29-30H,4-8,14H2,1-3H3. The number of phenols is 2. The van der Waals surface area contributed by atoms with Crippen LogP contribution >= 0.6 is 11.8 Å². The fourth-order valence-electron chi connectivity index (χ4n) is 4.41. The first-order valence-electron chi connectivity index (χ1n) is 11.4. The van der Waals surface area contributed by atoms with Crippen LogP contribution in [-0.4, -0.2) is 57.8 Å². The van der Waals surface area contributed by atoms with E-state index in [0.29, 0.717) is 28.2 Å². The predicted octanol–water partition coefficient (Wildman–Crippen LogP) is 4.86. The summed E-state index contributed by atoms with van der Waals surface area (Å²) in [5.74, 6) is 1.66. The minimum Gasteiger partial charge on any atom is -0.508 e. The molecule has 0 atom stereocenters. The van der Waals surface area contributed by atoms with Crippen molar-refractivity contribution in [3.8, 4) is 40.1 Å². The van der Waals surface area contributed by atoms with Gasteiger partial charge in [-0.25, -0.2) is 0 Å². The molecule has 0 radical (unpaired) electrons. The number of aromatic nitrogens is 3. The molecule has 1 aliphatic rings. The third-order valence-electron chi connectivity index (χ3n) is 6.14. The average Bonchev–Trinajstić information content (AvgIpc) is 3.30. The second kappa shape index (κ2) is 10.9.